The second-order valence-corrected chi connectivity index (χ2v) is 8.03. The number of unbranched alkanes of at least 4 members (excludes halogenated alkanes) is 10. The molecule has 0 fully saturated rings. The Hall–Kier alpha value is -1.32. The van der Waals surface area contributed by atoms with Crippen molar-refractivity contribution in [1.82, 2.24) is 0 Å². The zero-order valence-electron chi connectivity index (χ0n) is 18.3. The van der Waals surface area contributed by atoms with Crippen LogP contribution in [0.15, 0.2) is 12.2 Å². The Kier molecular flexibility index (Phi) is 14.7. The lowest BCUT2D eigenvalue weighted by Gasteiger charge is -2.25. The molecule has 28 heavy (non-hydrogen) atoms. The molecule has 162 valence electrons. The Morgan fingerprint density at radius 3 is 1.54 bits per heavy atom. The van der Waals surface area contributed by atoms with Crippen molar-refractivity contribution in [3.8, 4) is 0 Å². The summed E-state index contributed by atoms with van der Waals surface area (Å²) in [4.78, 5) is 24.6. The van der Waals surface area contributed by atoms with E-state index in [0.29, 0.717) is 26.1 Å². The molecule has 0 amide bonds. The standard InChI is InChI=1S/C24H42O4/c1-3-5-6-7-8-9-10-11-12-13-16-20-28-24(26)22-18-15-14-17-21(22)23(25)27-19-4-2/h14-15,21-22H,3-13,16-20H2,1-2H3. The average molecular weight is 395 g/mol. The van der Waals surface area contributed by atoms with Gasteiger partial charge < -0.3 is 9.47 Å². The molecule has 0 aliphatic heterocycles. The molecule has 0 spiro atoms. The van der Waals surface area contributed by atoms with Gasteiger partial charge in [0.15, 0.2) is 0 Å². The molecule has 1 aliphatic carbocycles. The summed E-state index contributed by atoms with van der Waals surface area (Å²) in [7, 11) is 0. The van der Waals surface area contributed by atoms with Crippen molar-refractivity contribution in [2.24, 2.45) is 11.8 Å². The second kappa shape index (κ2) is 16.6. The maximum atomic E-state index is 12.4. The van der Waals surface area contributed by atoms with Crippen molar-refractivity contribution >= 4 is 11.9 Å². The van der Waals surface area contributed by atoms with E-state index >= 15 is 0 Å². The molecule has 0 aromatic heterocycles. The molecule has 0 N–H and O–H groups in total. The minimum atomic E-state index is -0.388. The molecule has 1 aliphatic rings. The summed E-state index contributed by atoms with van der Waals surface area (Å²) < 4.78 is 10.7. The van der Waals surface area contributed by atoms with E-state index in [1.165, 1.54) is 57.8 Å². The maximum absolute atomic E-state index is 12.4. The third-order valence-electron chi connectivity index (χ3n) is 5.48. The Morgan fingerprint density at radius 2 is 1.07 bits per heavy atom. The SMILES string of the molecule is CCCCCCCCCCCCCOC(=O)C1CC=CCC1C(=O)OCCC. The fourth-order valence-electron chi connectivity index (χ4n) is 3.69. The van der Waals surface area contributed by atoms with E-state index in [2.05, 4.69) is 6.92 Å². The van der Waals surface area contributed by atoms with Crippen LogP contribution in [0.25, 0.3) is 0 Å². The van der Waals surface area contributed by atoms with Crippen molar-refractivity contribution < 1.29 is 19.1 Å². The fourth-order valence-corrected chi connectivity index (χ4v) is 3.69. The largest absolute Gasteiger partial charge is 0.465 e. The minimum Gasteiger partial charge on any atom is -0.465 e. The normalized spacial score (nSPS) is 18.8. The zero-order chi connectivity index (χ0) is 20.5. The van der Waals surface area contributed by atoms with E-state index in [0.717, 1.165) is 19.3 Å². The summed E-state index contributed by atoms with van der Waals surface area (Å²) in [5, 5.41) is 0. The molecule has 0 radical (unpaired) electrons. The molecular formula is C24H42O4. The molecule has 1 rings (SSSR count). The molecule has 0 saturated carbocycles. The molecule has 2 unspecified atom stereocenters. The van der Waals surface area contributed by atoms with Gasteiger partial charge in [-0.3, -0.25) is 9.59 Å². The Morgan fingerprint density at radius 1 is 0.643 bits per heavy atom. The summed E-state index contributed by atoms with van der Waals surface area (Å²) in [6.07, 6.45) is 19.9. The highest BCUT2D eigenvalue weighted by Gasteiger charge is 2.36. The van der Waals surface area contributed by atoms with Crippen LogP contribution >= 0.6 is 0 Å². The van der Waals surface area contributed by atoms with Crippen molar-refractivity contribution in [2.45, 2.75) is 104 Å². The van der Waals surface area contributed by atoms with Crippen LogP contribution in [0.4, 0.5) is 0 Å². The Bertz CT molecular complexity index is 444. The van der Waals surface area contributed by atoms with E-state index in [4.69, 9.17) is 9.47 Å². The first kappa shape index (κ1) is 24.7. The Labute approximate surface area is 172 Å². The zero-order valence-corrected chi connectivity index (χ0v) is 18.3. The first-order valence-electron chi connectivity index (χ1n) is 11.7. The highest BCUT2D eigenvalue weighted by atomic mass is 16.5. The summed E-state index contributed by atoms with van der Waals surface area (Å²) in [5.74, 6) is -1.28. The molecule has 0 aromatic rings. The highest BCUT2D eigenvalue weighted by Crippen LogP contribution is 2.28. The van der Waals surface area contributed by atoms with Crippen LogP contribution in [-0.2, 0) is 19.1 Å². The van der Waals surface area contributed by atoms with Crippen LogP contribution in [-0.4, -0.2) is 25.2 Å². The third-order valence-corrected chi connectivity index (χ3v) is 5.48. The monoisotopic (exact) mass is 394 g/mol. The van der Waals surface area contributed by atoms with Gasteiger partial charge in [-0.15, -0.1) is 0 Å². The second-order valence-electron chi connectivity index (χ2n) is 8.03. The number of allylic oxidation sites excluding steroid dienone is 2. The van der Waals surface area contributed by atoms with E-state index in [-0.39, 0.29) is 23.8 Å². The van der Waals surface area contributed by atoms with Gasteiger partial charge in [0.25, 0.3) is 0 Å². The van der Waals surface area contributed by atoms with Crippen LogP contribution in [0.5, 0.6) is 0 Å². The van der Waals surface area contributed by atoms with Crippen molar-refractivity contribution in [1.29, 1.82) is 0 Å². The molecule has 0 saturated heterocycles. The van der Waals surface area contributed by atoms with Gasteiger partial charge >= 0.3 is 11.9 Å². The van der Waals surface area contributed by atoms with Crippen LogP contribution < -0.4 is 0 Å². The first-order valence-corrected chi connectivity index (χ1v) is 11.7. The van der Waals surface area contributed by atoms with Crippen molar-refractivity contribution in [2.75, 3.05) is 13.2 Å². The fraction of sp³-hybridized carbons (Fsp3) is 0.833. The molecule has 0 bridgehead atoms. The summed E-state index contributed by atoms with van der Waals surface area (Å²) >= 11 is 0. The number of carbonyl (C=O) groups excluding carboxylic acids is 2. The lowest BCUT2D eigenvalue weighted by atomic mass is 9.83. The van der Waals surface area contributed by atoms with Gasteiger partial charge in [0.05, 0.1) is 25.0 Å². The van der Waals surface area contributed by atoms with E-state index in [9.17, 15) is 9.59 Å². The van der Waals surface area contributed by atoms with Gasteiger partial charge in [-0.05, 0) is 25.7 Å². The number of carbonyl (C=O) groups is 2. The van der Waals surface area contributed by atoms with Gasteiger partial charge in [-0.25, -0.2) is 0 Å². The average Bonchev–Trinajstić information content (AvgIpc) is 2.72. The molecule has 2 atom stereocenters. The number of rotatable bonds is 16. The van der Waals surface area contributed by atoms with Crippen LogP contribution in [0, 0.1) is 11.8 Å². The minimum absolute atomic E-state index is 0.241. The third kappa shape index (κ3) is 10.9. The molecule has 0 heterocycles. The topological polar surface area (TPSA) is 52.6 Å². The van der Waals surface area contributed by atoms with Crippen LogP contribution in [0.1, 0.15) is 104 Å². The van der Waals surface area contributed by atoms with Gasteiger partial charge in [-0.1, -0.05) is 90.2 Å². The number of hydrogen-bond donors (Lipinski definition) is 0. The number of ether oxygens (including phenoxy) is 2. The van der Waals surface area contributed by atoms with Crippen molar-refractivity contribution in [3.05, 3.63) is 12.2 Å². The van der Waals surface area contributed by atoms with Crippen LogP contribution in [0.3, 0.4) is 0 Å². The highest BCUT2D eigenvalue weighted by molar-refractivity contribution is 5.82. The van der Waals surface area contributed by atoms with E-state index in [1.807, 2.05) is 19.1 Å². The van der Waals surface area contributed by atoms with Gasteiger partial charge in [-0.2, -0.15) is 0 Å². The van der Waals surface area contributed by atoms with Gasteiger partial charge in [0.2, 0.25) is 0 Å². The van der Waals surface area contributed by atoms with E-state index < -0.39 is 0 Å². The predicted molar refractivity (Wildman–Crippen MR) is 114 cm³/mol. The first-order chi connectivity index (χ1) is 13.7. The molecular weight excluding hydrogens is 352 g/mol. The lowest BCUT2D eigenvalue weighted by Crippen LogP contribution is -2.34. The maximum Gasteiger partial charge on any atom is 0.310 e. The molecule has 4 heteroatoms. The van der Waals surface area contributed by atoms with Crippen LogP contribution in [0.2, 0.25) is 0 Å². The number of esters is 2. The summed E-state index contributed by atoms with van der Waals surface area (Å²) in [6.45, 7) is 5.10. The van der Waals surface area contributed by atoms with Gasteiger partial charge in [0, 0.05) is 0 Å². The van der Waals surface area contributed by atoms with Gasteiger partial charge in [0.1, 0.15) is 0 Å². The summed E-state index contributed by atoms with van der Waals surface area (Å²) in [6, 6.07) is 0. The van der Waals surface area contributed by atoms with E-state index in [1.54, 1.807) is 0 Å². The molecule has 4 nitrogen and oxygen atoms in total. The Balaban J connectivity index is 2.08. The lowest BCUT2D eigenvalue weighted by molar-refractivity contribution is -0.161. The smallest absolute Gasteiger partial charge is 0.310 e. The predicted octanol–water partition coefficient (Wildman–Crippen LogP) is 6.38. The quantitative estimate of drug-likeness (QED) is 0.173. The van der Waals surface area contributed by atoms with Crippen molar-refractivity contribution in [3.63, 3.8) is 0 Å². The molecule has 0 aromatic carbocycles. The number of hydrogen-bond acceptors (Lipinski definition) is 4. The summed E-state index contributed by atoms with van der Waals surface area (Å²) in [5.41, 5.74) is 0.